The lowest BCUT2D eigenvalue weighted by Crippen LogP contribution is -2.20. The molecule has 124 valence electrons. The molecule has 1 N–H and O–H groups in total. The number of benzene rings is 1. The van der Waals surface area contributed by atoms with E-state index < -0.39 is 0 Å². The summed E-state index contributed by atoms with van der Waals surface area (Å²) in [7, 11) is 6.15. The molecule has 0 unspecified atom stereocenters. The summed E-state index contributed by atoms with van der Waals surface area (Å²) in [4.78, 5) is 25.0. The molecule has 0 aliphatic carbocycles. The molecular weight excluding hydrogens is 320 g/mol. The van der Waals surface area contributed by atoms with Gasteiger partial charge < -0.3 is 24.4 Å². The number of ether oxygens (including phenoxy) is 3. The Balaban J connectivity index is 2.21. The van der Waals surface area contributed by atoms with Crippen LogP contribution in [-0.2, 0) is 9.59 Å². The van der Waals surface area contributed by atoms with Crippen molar-refractivity contribution in [2.45, 2.75) is 0 Å². The summed E-state index contributed by atoms with van der Waals surface area (Å²) >= 11 is 1.33. The summed E-state index contributed by atoms with van der Waals surface area (Å²) < 4.78 is 15.7. The third-order valence-electron chi connectivity index (χ3n) is 3.24. The summed E-state index contributed by atoms with van der Waals surface area (Å²) in [6.45, 7) is 0. The molecule has 23 heavy (non-hydrogen) atoms. The second-order valence-electron chi connectivity index (χ2n) is 4.63. The molecule has 0 radical (unpaired) electrons. The first kappa shape index (κ1) is 17.0. The number of carbonyl (C=O) groups excluding carboxylic acids is 2. The number of nitrogens with one attached hydrogen (secondary N) is 1. The minimum atomic E-state index is -0.344. The Morgan fingerprint density at radius 3 is 2.26 bits per heavy atom. The SMILES string of the molecule is COc1cc(NC(=O)C=C2SCC(=O)N2C)cc(OC)c1OC. The molecule has 2 rings (SSSR count). The first-order valence-electron chi connectivity index (χ1n) is 6.72. The third kappa shape index (κ3) is 3.70. The van der Waals surface area contributed by atoms with Crippen LogP contribution in [0.4, 0.5) is 5.69 Å². The molecule has 1 aromatic carbocycles. The van der Waals surface area contributed by atoms with Gasteiger partial charge in [0, 0.05) is 30.9 Å². The van der Waals surface area contributed by atoms with Gasteiger partial charge in [0.05, 0.1) is 32.1 Å². The van der Waals surface area contributed by atoms with Gasteiger partial charge in [-0.3, -0.25) is 9.59 Å². The smallest absolute Gasteiger partial charge is 0.251 e. The minimum absolute atomic E-state index is 0.0261. The molecule has 0 saturated carbocycles. The van der Waals surface area contributed by atoms with E-state index in [0.29, 0.717) is 33.7 Å². The zero-order valence-corrected chi connectivity index (χ0v) is 14.2. The average Bonchev–Trinajstić information content (AvgIpc) is 2.85. The molecular formula is C15H18N2O5S. The molecule has 0 aromatic heterocycles. The van der Waals surface area contributed by atoms with Crippen LogP contribution in [0.2, 0.25) is 0 Å². The fourth-order valence-electron chi connectivity index (χ4n) is 2.03. The number of nitrogens with zero attached hydrogens (tertiary/aromatic N) is 1. The highest BCUT2D eigenvalue weighted by Crippen LogP contribution is 2.40. The molecule has 1 saturated heterocycles. The van der Waals surface area contributed by atoms with Crippen LogP contribution in [0.1, 0.15) is 0 Å². The van der Waals surface area contributed by atoms with Gasteiger partial charge in [0.1, 0.15) is 0 Å². The zero-order chi connectivity index (χ0) is 17.0. The summed E-state index contributed by atoms with van der Waals surface area (Å²) in [6.07, 6.45) is 1.39. The van der Waals surface area contributed by atoms with Crippen LogP contribution >= 0.6 is 11.8 Å². The number of hydrogen-bond acceptors (Lipinski definition) is 6. The molecule has 0 atom stereocenters. The first-order chi connectivity index (χ1) is 11.0. The second kappa shape index (κ2) is 7.28. The highest BCUT2D eigenvalue weighted by Gasteiger charge is 2.23. The fourth-order valence-corrected chi connectivity index (χ4v) is 2.99. The van der Waals surface area contributed by atoms with Crippen molar-refractivity contribution < 1.29 is 23.8 Å². The predicted molar refractivity (Wildman–Crippen MR) is 88.0 cm³/mol. The molecule has 0 spiro atoms. The maximum absolute atomic E-state index is 12.1. The van der Waals surface area contributed by atoms with Crippen LogP contribution in [-0.4, -0.2) is 50.8 Å². The Bertz CT molecular complexity index is 634. The van der Waals surface area contributed by atoms with E-state index in [4.69, 9.17) is 14.2 Å². The van der Waals surface area contributed by atoms with Crippen molar-refractivity contribution in [3.8, 4) is 17.2 Å². The fraction of sp³-hybridized carbons (Fsp3) is 0.333. The standard InChI is InChI=1S/C15H18N2O5S/c1-17-13(19)8-23-14(17)7-12(18)16-9-5-10(20-2)15(22-4)11(6-9)21-3/h5-7H,8H2,1-4H3,(H,16,18). The number of carbonyl (C=O) groups is 2. The molecule has 7 nitrogen and oxygen atoms in total. The van der Waals surface area contributed by atoms with E-state index in [0.717, 1.165) is 0 Å². The Morgan fingerprint density at radius 2 is 1.83 bits per heavy atom. The lowest BCUT2D eigenvalue weighted by molar-refractivity contribution is -0.124. The minimum Gasteiger partial charge on any atom is -0.493 e. The zero-order valence-electron chi connectivity index (χ0n) is 13.3. The summed E-state index contributed by atoms with van der Waals surface area (Å²) in [5.41, 5.74) is 0.498. The number of methoxy groups -OCH3 is 3. The number of thioether (sulfide) groups is 1. The molecule has 0 bridgehead atoms. The van der Waals surface area contributed by atoms with Gasteiger partial charge in [0.2, 0.25) is 11.7 Å². The molecule has 8 heteroatoms. The van der Waals surface area contributed by atoms with E-state index in [-0.39, 0.29) is 11.8 Å². The summed E-state index contributed by atoms with van der Waals surface area (Å²) in [5, 5.41) is 3.33. The van der Waals surface area contributed by atoms with Crippen molar-refractivity contribution in [3.63, 3.8) is 0 Å². The van der Waals surface area contributed by atoms with Gasteiger partial charge in [-0.2, -0.15) is 0 Å². The predicted octanol–water partition coefficient (Wildman–Crippen LogP) is 1.70. The van der Waals surface area contributed by atoms with Crippen molar-refractivity contribution in [2.24, 2.45) is 0 Å². The van der Waals surface area contributed by atoms with E-state index in [9.17, 15) is 9.59 Å². The van der Waals surface area contributed by atoms with Gasteiger partial charge in [-0.05, 0) is 0 Å². The molecule has 1 aromatic rings. The van der Waals surface area contributed by atoms with Crippen molar-refractivity contribution in [3.05, 3.63) is 23.2 Å². The van der Waals surface area contributed by atoms with Gasteiger partial charge in [-0.15, -0.1) is 0 Å². The van der Waals surface area contributed by atoms with E-state index in [1.54, 1.807) is 19.2 Å². The van der Waals surface area contributed by atoms with Crippen molar-refractivity contribution in [1.29, 1.82) is 0 Å². The summed E-state index contributed by atoms with van der Waals surface area (Å²) in [6, 6.07) is 3.27. The second-order valence-corrected chi connectivity index (χ2v) is 5.62. The van der Waals surface area contributed by atoms with E-state index >= 15 is 0 Å². The van der Waals surface area contributed by atoms with Crippen molar-refractivity contribution in [1.82, 2.24) is 4.90 Å². The quantitative estimate of drug-likeness (QED) is 0.824. The van der Waals surface area contributed by atoms with Crippen molar-refractivity contribution >= 4 is 29.3 Å². The first-order valence-corrected chi connectivity index (χ1v) is 7.70. The maximum atomic E-state index is 12.1. The monoisotopic (exact) mass is 338 g/mol. The molecule has 2 amide bonds. The number of anilines is 1. The Morgan fingerprint density at radius 1 is 1.22 bits per heavy atom. The van der Waals surface area contributed by atoms with Gasteiger partial charge in [-0.1, -0.05) is 11.8 Å². The number of hydrogen-bond donors (Lipinski definition) is 1. The highest BCUT2D eigenvalue weighted by molar-refractivity contribution is 8.04. The van der Waals surface area contributed by atoms with Crippen molar-refractivity contribution in [2.75, 3.05) is 39.4 Å². The van der Waals surface area contributed by atoms with E-state index in [1.165, 1.54) is 44.1 Å². The number of amides is 2. The van der Waals surface area contributed by atoms with E-state index in [1.807, 2.05) is 0 Å². The normalized spacial score (nSPS) is 15.7. The average molecular weight is 338 g/mol. The van der Waals surface area contributed by atoms with E-state index in [2.05, 4.69) is 5.32 Å². The Kier molecular flexibility index (Phi) is 5.38. The van der Waals surface area contributed by atoms with Crippen LogP contribution in [0.3, 0.4) is 0 Å². The Labute approximate surface area is 138 Å². The summed E-state index contributed by atoms with van der Waals surface area (Å²) in [5.74, 6) is 1.31. The molecule has 1 aliphatic rings. The van der Waals surface area contributed by atoms with Gasteiger partial charge in [0.15, 0.2) is 11.5 Å². The molecule has 1 aliphatic heterocycles. The van der Waals surface area contributed by atoms with Gasteiger partial charge >= 0.3 is 0 Å². The van der Waals surface area contributed by atoms with Crippen LogP contribution in [0.5, 0.6) is 17.2 Å². The molecule has 1 fully saturated rings. The van der Waals surface area contributed by atoms with Crippen LogP contribution in [0.25, 0.3) is 0 Å². The van der Waals surface area contributed by atoms with Crippen LogP contribution in [0, 0.1) is 0 Å². The van der Waals surface area contributed by atoms with Crippen LogP contribution in [0.15, 0.2) is 23.2 Å². The number of rotatable bonds is 5. The van der Waals surface area contributed by atoms with Gasteiger partial charge in [0.25, 0.3) is 5.91 Å². The maximum Gasteiger partial charge on any atom is 0.251 e. The Hall–Kier alpha value is -2.35. The largest absolute Gasteiger partial charge is 0.493 e. The molecule has 1 heterocycles. The topological polar surface area (TPSA) is 77.1 Å². The lowest BCUT2D eigenvalue weighted by Gasteiger charge is -2.14. The van der Waals surface area contributed by atoms with Gasteiger partial charge in [-0.25, -0.2) is 0 Å². The lowest BCUT2D eigenvalue weighted by atomic mass is 10.2. The third-order valence-corrected chi connectivity index (χ3v) is 4.31. The van der Waals surface area contributed by atoms with Crippen LogP contribution < -0.4 is 19.5 Å². The highest BCUT2D eigenvalue weighted by atomic mass is 32.2.